The van der Waals surface area contributed by atoms with Crippen molar-refractivity contribution >= 4 is 17.3 Å². The van der Waals surface area contributed by atoms with E-state index in [-0.39, 0.29) is 18.1 Å². The number of nitrogens with zero attached hydrogens (tertiary/aromatic N) is 2. The fourth-order valence-corrected chi connectivity index (χ4v) is 4.17. The van der Waals surface area contributed by atoms with Crippen molar-refractivity contribution in [2.75, 3.05) is 6.61 Å². The van der Waals surface area contributed by atoms with Gasteiger partial charge in [-0.2, -0.15) is 5.10 Å². The molecule has 0 saturated carbocycles. The highest BCUT2D eigenvalue weighted by Gasteiger charge is 2.41. The SMILES string of the molecule is CCOc1ccc([C@@H]2Oc3ccc(Cl)cc3[C@@H]3CC(c4ccc(F)cc4)=NN32)cc1. The fraction of sp³-hybridized carbons (Fsp3) is 0.208. The molecule has 3 aromatic carbocycles. The van der Waals surface area contributed by atoms with Crippen molar-refractivity contribution in [3.05, 3.63) is 94.3 Å². The van der Waals surface area contributed by atoms with Crippen LogP contribution in [-0.2, 0) is 0 Å². The molecule has 152 valence electrons. The Labute approximate surface area is 179 Å². The summed E-state index contributed by atoms with van der Waals surface area (Å²) < 4.78 is 25.3. The first-order valence-corrected chi connectivity index (χ1v) is 10.3. The quantitative estimate of drug-likeness (QED) is 0.508. The zero-order valence-corrected chi connectivity index (χ0v) is 17.1. The number of ether oxygens (including phenoxy) is 2. The van der Waals surface area contributed by atoms with E-state index in [9.17, 15) is 4.39 Å². The first kappa shape index (κ1) is 18.9. The molecule has 0 spiro atoms. The summed E-state index contributed by atoms with van der Waals surface area (Å²) in [6.45, 7) is 2.58. The van der Waals surface area contributed by atoms with Gasteiger partial charge in [-0.15, -0.1) is 0 Å². The van der Waals surface area contributed by atoms with Crippen molar-refractivity contribution in [1.82, 2.24) is 5.01 Å². The lowest BCUT2D eigenvalue weighted by atomic mass is 9.96. The van der Waals surface area contributed by atoms with Gasteiger partial charge in [-0.05, 0) is 67.1 Å². The van der Waals surface area contributed by atoms with Crippen LogP contribution in [0, 0.1) is 5.82 Å². The Morgan fingerprint density at radius 3 is 2.60 bits per heavy atom. The summed E-state index contributed by atoms with van der Waals surface area (Å²) in [7, 11) is 0. The highest BCUT2D eigenvalue weighted by atomic mass is 35.5. The molecule has 2 atom stereocenters. The van der Waals surface area contributed by atoms with E-state index < -0.39 is 0 Å². The van der Waals surface area contributed by atoms with Gasteiger partial charge < -0.3 is 9.47 Å². The molecule has 2 aliphatic heterocycles. The molecule has 0 N–H and O–H groups in total. The van der Waals surface area contributed by atoms with Crippen LogP contribution in [0.5, 0.6) is 11.5 Å². The summed E-state index contributed by atoms with van der Waals surface area (Å²) >= 11 is 6.27. The molecule has 6 heteroatoms. The van der Waals surface area contributed by atoms with Crippen LogP contribution in [0.25, 0.3) is 0 Å². The van der Waals surface area contributed by atoms with E-state index in [0.29, 0.717) is 18.1 Å². The van der Waals surface area contributed by atoms with E-state index in [4.69, 9.17) is 26.2 Å². The van der Waals surface area contributed by atoms with Gasteiger partial charge in [0.15, 0.2) is 0 Å². The average Bonchev–Trinajstić information content (AvgIpc) is 3.20. The lowest BCUT2D eigenvalue weighted by Gasteiger charge is -2.38. The van der Waals surface area contributed by atoms with Crippen LogP contribution in [-0.4, -0.2) is 17.3 Å². The second-order valence-electron chi connectivity index (χ2n) is 7.31. The molecule has 0 radical (unpaired) electrons. The van der Waals surface area contributed by atoms with Crippen molar-refractivity contribution in [3.8, 4) is 11.5 Å². The van der Waals surface area contributed by atoms with Gasteiger partial charge in [0, 0.05) is 22.6 Å². The number of fused-ring (bicyclic) bond motifs is 3. The van der Waals surface area contributed by atoms with Crippen LogP contribution < -0.4 is 9.47 Å². The number of hydrogen-bond acceptors (Lipinski definition) is 4. The normalized spacial score (nSPS) is 19.6. The maximum Gasteiger partial charge on any atom is 0.213 e. The molecule has 0 saturated heterocycles. The van der Waals surface area contributed by atoms with Crippen LogP contribution in [0.3, 0.4) is 0 Å². The number of benzene rings is 3. The van der Waals surface area contributed by atoms with Gasteiger partial charge in [0.25, 0.3) is 0 Å². The van der Waals surface area contributed by atoms with Crippen LogP contribution in [0.1, 0.15) is 42.3 Å². The predicted octanol–water partition coefficient (Wildman–Crippen LogP) is 6.12. The Balaban J connectivity index is 1.55. The molecule has 0 fully saturated rings. The van der Waals surface area contributed by atoms with Crippen LogP contribution in [0.15, 0.2) is 71.8 Å². The Morgan fingerprint density at radius 2 is 1.87 bits per heavy atom. The van der Waals surface area contributed by atoms with E-state index in [1.807, 2.05) is 54.4 Å². The highest BCUT2D eigenvalue weighted by molar-refractivity contribution is 6.30. The molecule has 2 heterocycles. The van der Waals surface area contributed by atoms with E-state index in [0.717, 1.165) is 33.9 Å². The molecular weight excluding hydrogens is 403 g/mol. The molecular formula is C24H20ClFN2O2. The molecule has 3 aromatic rings. The Morgan fingerprint density at radius 1 is 1.10 bits per heavy atom. The van der Waals surface area contributed by atoms with E-state index in [2.05, 4.69) is 0 Å². The van der Waals surface area contributed by atoms with Crippen LogP contribution in [0.2, 0.25) is 5.02 Å². The van der Waals surface area contributed by atoms with Gasteiger partial charge in [-0.1, -0.05) is 23.7 Å². The minimum absolute atomic E-state index is 0.0101. The van der Waals surface area contributed by atoms with Gasteiger partial charge in [-0.25, -0.2) is 9.40 Å². The summed E-state index contributed by atoms with van der Waals surface area (Å²) in [6.07, 6.45) is 0.313. The number of halogens is 2. The largest absolute Gasteiger partial charge is 0.494 e. The second kappa shape index (κ2) is 7.65. The molecule has 4 nitrogen and oxygen atoms in total. The summed E-state index contributed by atoms with van der Waals surface area (Å²) in [4.78, 5) is 0. The maximum absolute atomic E-state index is 13.4. The van der Waals surface area contributed by atoms with Gasteiger partial charge >= 0.3 is 0 Å². The molecule has 0 amide bonds. The highest BCUT2D eigenvalue weighted by Crippen LogP contribution is 2.48. The van der Waals surface area contributed by atoms with Crippen molar-refractivity contribution in [2.24, 2.45) is 5.10 Å². The first-order chi connectivity index (χ1) is 14.6. The summed E-state index contributed by atoms with van der Waals surface area (Å²) in [5, 5.41) is 7.52. The zero-order valence-electron chi connectivity index (χ0n) is 16.4. The third kappa shape index (κ3) is 3.39. The van der Waals surface area contributed by atoms with E-state index in [1.165, 1.54) is 12.1 Å². The number of hydrogen-bond donors (Lipinski definition) is 0. The van der Waals surface area contributed by atoms with Crippen molar-refractivity contribution in [1.29, 1.82) is 0 Å². The Bertz CT molecular complexity index is 1100. The zero-order chi connectivity index (χ0) is 20.7. The second-order valence-corrected chi connectivity index (χ2v) is 7.74. The van der Waals surface area contributed by atoms with Crippen LogP contribution in [0.4, 0.5) is 4.39 Å². The third-order valence-corrected chi connectivity index (χ3v) is 5.64. The molecule has 0 aliphatic carbocycles. The lowest BCUT2D eigenvalue weighted by Crippen LogP contribution is -2.33. The molecule has 0 unspecified atom stereocenters. The molecule has 5 rings (SSSR count). The third-order valence-electron chi connectivity index (χ3n) is 5.41. The summed E-state index contributed by atoms with van der Waals surface area (Å²) in [5.41, 5.74) is 3.78. The van der Waals surface area contributed by atoms with Crippen molar-refractivity contribution in [3.63, 3.8) is 0 Å². The van der Waals surface area contributed by atoms with Gasteiger partial charge in [0.1, 0.15) is 17.3 Å². The molecule has 0 bridgehead atoms. The minimum atomic E-state index is -0.377. The Kier molecular flexibility index (Phi) is 4.83. The monoisotopic (exact) mass is 422 g/mol. The number of hydrazone groups is 1. The fourth-order valence-electron chi connectivity index (χ4n) is 3.99. The van der Waals surface area contributed by atoms with E-state index >= 15 is 0 Å². The first-order valence-electron chi connectivity index (χ1n) is 9.93. The minimum Gasteiger partial charge on any atom is -0.494 e. The summed E-state index contributed by atoms with van der Waals surface area (Å²) in [6, 6.07) is 20.0. The van der Waals surface area contributed by atoms with Crippen molar-refractivity contribution in [2.45, 2.75) is 25.6 Å². The predicted molar refractivity (Wildman–Crippen MR) is 115 cm³/mol. The molecule has 2 aliphatic rings. The Hall–Kier alpha value is -3.05. The van der Waals surface area contributed by atoms with E-state index in [1.54, 1.807) is 12.1 Å². The van der Waals surface area contributed by atoms with Gasteiger partial charge in [0.2, 0.25) is 6.23 Å². The van der Waals surface area contributed by atoms with Gasteiger partial charge in [0.05, 0.1) is 18.4 Å². The van der Waals surface area contributed by atoms with Crippen LogP contribution >= 0.6 is 11.6 Å². The standard InChI is InChI=1S/C24H20ClFN2O2/c1-2-29-19-10-5-16(6-11-19)24-28-22(20-13-17(25)7-12-23(20)30-24)14-21(27-28)15-3-8-18(26)9-4-15/h3-13,22,24H,2,14H2,1H3/t22-,24-/m0/s1. The number of rotatable bonds is 4. The lowest BCUT2D eigenvalue weighted by molar-refractivity contribution is -0.0190. The molecule has 30 heavy (non-hydrogen) atoms. The maximum atomic E-state index is 13.4. The van der Waals surface area contributed by atoms with Crippen molar-refractivity contribution < 1.29 is 13.9 Å². The summed E-state index contributed by atoms with van der Waals surface area (Å²) in [5.74, 6) is 1.36. The smallest absolute Gasteiger partial charge is 0.213 e. The topological polar surface area (TPSA) is 34.1 Å². The molecule has 0 aromatic heterocycles. The average molecular weight is 423 g/mol. The van der Waals surface area contributed by atoms with Gasteiger partial charge in [-0.3, -0.25) is 0 Å².